The molecule has 1 aromatic heterocycles. The summed E-state index contributed by atoms with van der Waals surface area (Å²) in [5, 5.41) is 4.45. The van der Waals surface area contributed by atoms with Crippen molar-refractivity contribution in [2.24, 2.45) is 0 Å². The van der Waals surface area contributed by atoms with Crippen molar-refractivity contribution in [1.82, 2.24) is 0 Å². The van der Waals surface area contributed by atoms with Gasteiger partial charge in [-0.3, -0.25) is 4.79 Å². The second-order valence-electron chi connectivity index (χ2n) is 6.06. The van der Waals surface area contributed by atoms with Crippen LogP contribution in [0.1, 0.15) is 16.7 Å². The lowest BCUT2D eigenvalue weighted by Crippen LogP contribution is -2.15. The van der Waals surface area contributed by atoms with Crippen LogP contribution in [-0.4, -0.2) is 20.1 Å². The van der Waals surface area contributed by atoms with E-state index in [1.807, 2.05) is 19.9 Å². The maximum absolute atomic E-state index is 12.5. The Hall–Kier alpha value is -2.66. The molecule has 0 fully saturated rings. The molecule has 0 spiro atoms. The van der Waals surface area contributed by atoms with Crippen molar-refractivity contribution >= 4 is 34.2 Å². The molecule has 26 heavy (non-hydrogen) atoms. The topological polar surface area (TPSA) is 60.7 Å². The highest BCUT2D eigenvalue weighted by atomic mass is 35.5. The van der Waals surface area contributed by atoms with Gasteiger partial charge in [-0.25, -0.2) is 0 Å². The largest absolute Gasteiger partial charge is 0.497 e. The van der Waals surface area contributed by atoms with Crippen LogP contribution < -0.4 is 14.8 Å². The molecule has 0 radical (unpaired) electrons. The zero-order valence-electron chi connectivity index (χ0n) is 15.1. The second kappa shape index (κ2) is 7.30. The maximum Gasteiger partial charge on any atom is 0.229 e. The number of hydrogen-bond acceptors (Lipinski definition) is 4. The van der Waals surface area contributed by atoms with Crippen molar-refractivity contribution < 1.29 is 18.7 Å². The number of rotatable bonds is 5. The summed E-state index contributed by atoms with van der Waals surface area (Å²) in [4.78, 5) is 12.5. The van der Waals surface area contributed by atoms with Crippen molar-refractivity contribution in [3.05, 3.63) is 52.2 Å². The monoisotopic (exact) mass is 373 g/mol. The highest BCUT2D eigenvalue weighted by Gasteiger charge is 2.16. The van der Waals surface area contributed by atoms with Gasteiger partial charge < -0.3 is 19.2 Å². The van der Waals surface area contributed by atoms with Gasteiger partial charge in [0.2, 0.25) is 5.91 Å². The van der Waals surface area contributed by atoms with Gasteiger partial charge in [-0.2, -0.15) is 0 Å². The van der Waals surface area contributed by atoms with Gasteiger partial charge in [-0.15, -0.1) is 0 Å². The molecule has 6 heteroatoms. The molecule has 5 nitrogen and oxygen atoms in total. The van der Waals surface area contributed by atoms with Gasteiger partial charge >= 0.3 is 0 Å². The Labute approximate surface area is 156 Å². The number of fused-ring (bicyclic) bond motifs is 1. The number of furan rings is 1. The zero-order chi connectivity index (χ0) is 18.8. The molecule has 0 saturated heterocycles. The Kier molecular flexibility index (Phi) is 5.09. The summed E-state index contributed by atoms with van der Waals surface area (Å²) >= 11 is 6.35. The predicted molar refractivity (Wildman–Crippen MR) is 103 cm³/mol. The Morgan fingerprint density at radius 1 is 1.19 bits per heavy atom. The fourth-order valence-electron chi connectivity index (χ4n) is 3.01. The Morgan fingerprint density at radius 2 is 1.96 bits per heavy atom. The molecule has 1 heterocycles. The number of ether oxygens (including phenoxy) is 2. The van der Waals surface area contributed by atoms with E-state index in [-0.39, 0.29) is 12.3 Å². The molecule has 1 amide bonds. The van der Waals surface area contributed by atoms with Gasteiger partial charge in [-0.1, -0.05) is 11.6 Å². The van der Waals surface area contributed by atoms with E-state index < -0.39 is 0 Å². The molecule has 0 aliphatic heterocycles. The zero-order valence-corrected chi connectivity index (χ0v) is 15.9. The molecule has 0 atom stereocenters. The highest BCUT2D eigenvalue weighted by molar-refractivity contribution is 6.33. The minimum Gasteiger partial charge on any atom is -0.497 e. The van der Waals surface area contributed by atoms with Crippen LogP contribution >= 0.6 is 11.6 Å². The van der Waals surface area contributed by atoms with Crippen LogP contribution in [0.2, 0.25) is 5.02 Å². The average molecular weight is 374 g/mol. The van der Waals surface area contributed by atoms with Crippen molar-refractivity contribution in [3.8, 4) is 11.5 Å². The van der Waals surface area contributed by atoms with Gasteiger partial charge in [0.05, 0.1) is 32.6 Å². The van der Waals surface area contributed by atoms with Crippen molar-refractivity contribution in [1.29, 1.82) is 0 Å². The normalized spacial score (nSPS) is 10.8. The van der Waals surface area contributed by atoms with Crippen LogP contribution in [-0.2, 0) is 11.2 Å². The third-order valence-electron chi connectivity index (χ3n) is 4.33. The van der Waals surface area contributed by atoms with Crippen LogP contribution in [0.25, 0.3) is 11.0 Å². The minimum atomic E-state index is -0.174. The molecule has 1 N–H and O–H groups in total. The van der Waals surface area contributed by atoms with E-state index in [9.17, 15) is 4.79 Å². The van der Waals surface area contributed by atoms with Crippen LogP contribution in [0.4, 0.5) is 5.69 Å². The molecular formula is C20H20ClNO4. The van der Waals surface area contributed by atoms with Gasteiger partial charge in [0.25, 0.3) is 0 Å². The van der Waals surface area contributed by atoms with Crippen molar-refractivity contribution in [2.75, 3.05) is 19.5 Å². The molecule has 0 saturated carbocycles. The van der Waals surface area contributed by atoms with E-state index in [2.05, 4.69) is 5.32 Å². The fourth-order valence-corrected chi connectivity index (χ4v) is 3.16. The minimum absolute atomic E-state index is 0.169. The van der Waals surface area contributed by atoms with Gasteiger partial charge in [0.1, 0.15) is 17.1 Å². The molecule has 2 aromatic carbocycles. The summed E-state index contributed by atoms with van der Waals surface area (Å²) < 4.78 is 16.1. The molecule has 136 valence electrons. The number of amides is 1. The highest BCUT2D eigenvalue weighted by Crippen LogP contribution is 2.33. The molecule has 0 bridgehead atoms. The van der Waals surface area contributed by atoms with E-state index in [0.29, 0.717) is 22.2 Å². The second-order valence-corrected chi connectivity index (χ2v) is 6.44. The first-order chi connectivity index (χ1) is 12.4. The molecule has 0 unspecified atom stereocenters. The van der Waals surface area contributed by atoms with Crippen molar-refractivity contribution in [2.45, 2.75) is 20.3 Å². The number of carbonyl (C=O) groups excluding carboxylic acids is 1. The first kappa shape index (κ1) is 18.1. The van der Waals surface area contributed by atoms with Gasteiger partial charge in [0.15, 0.2) is 0 Å². The number of anilines is 1. The number of methoxy groups -OCH3 is 2. The Morgan fingerprint density at radius 3 is 2.65 bits per heavy atom. The van der Waals surface area contributed by atoms with E-state index in [4.69, 9.17) is 25.5 Å². The summed E-state index contributed by atoms with van der Waals surface area (Å²) in [6, 6.07) is 7.11. The van der Waals surface area contributed by atoms with Crippen LogP contribution in [0.3, 0.4) is 0 Å². The number of hydrogen-bond donors (Lipinski definition) is 1. The summed E-state index contributed by atoms with van der Waals surface area (Å²) in [6.45, 7) is 3.86. The summed E-state index contributed by atoms with van der Waals surface area (Å²) in [5.41, 5.74) is 3.97. The van der Waals surface area contributed by atoms with Gasteiger partial charge in [-0.05, 0) is 43.2 Å². The molecular weight excluding hydrogens is 354 g/mol. The fraction of sp³-hybridized carbons (Fsp3) is 0.250. The summed E-state index contributed by atoms with van der Waals surface area (Å²) in [6.07, 6.45) is 1.78. The number of nitrogens with one attached hydrogen (secondary N) is 1. The standard InChI is InChI=1S/C20H20ClNO4/c1-11-7-17-19(12(2)20(11)21)13(10-26-17)8-18(23)22-15-6-5-14(24-3)9-16(15)25-4/h5-7,9-10H,8H2,1-4H3,(H,22,23). The number of carbonyl (C=O) groups is 1. The lowest BCUT2D eigenvalue weighted by atomic mass is 10.0. The number of aryl methyl sites for hydroxylation is 2. The van der Waals surface area contributed by atoms with Crippen LogP contribution in [0.5, 0.6) is 11.5 Å². The Balaban J connectivity index is 1.85. The van der Waals surface area contributed by atoms with Crippen LogP contribution in [0, 0.1) is 13.8 Å². The smallest absolute Gasteiger partial charge is 0.229 e. The van der Waals surface area contributed by atoms with E-state index in [0.717, 1.165) is 27.7 Å². The number of benzene rings is 2. The summed E-state index contributed by atoms with van der Waals surface area (Å²) in [5.74, 6) is 1.01. The molecule has 0 aliphatic carbocycles. The van der Waals surface area contributed by atoms with E-state index in [1.54, 1.807) is 38.7 Å². The van der Waals surface area contributed by atoms with E-state index >= 15 is 0 Å². The molecule has 3 rings (SSSR count). The van der Waals surface area contributed by atoms with Gasteiger partial charge in [0, 0.05) is 22.0 Å². The Bertz CT molecular complexity index is 978. The maximum atomic E-state index is 12.5. The number of halogens is 1. The molecule has 0 aliphatic rings. The summed E-state index contributed by atoms with van der Waals surface area (Å²) in [7, 11) is 3.12. The SMILES string of the molecule is COc1ccc(NC(=O)Cc2coc3cc(C)c(Cl)c(C)c23)c(OC)c1. The first-order valence-electron chi connectivity index (χ1n) is 8.12. The average Bonchev–Trinajstić information content (AvgIpc) is 3.02. The quantitative estimate of drug-likeness (QED) is 0.690. The predicted octanol–water partition coefficient (Wildman–Crippen LogP) is 4.90. The lowest BCUT2D eigenvalue weighted by molar-refractivity contribution is -0.115. The lowest BCUT2D eigenvalue weighted by Gasteiger charge is -2.11. The first-order valence-corrected chi connectivity index (χ1v) is 8.50. The van der Waals surface area contributed by atoms with E-state index in [1.165, 1.54) is 0 Å². The molecule has 3 aromatic rings. The third kappa shape index (κ3) is 3.35. The third-order valence-corrected chi connectivity index (χ3v) is 4.91. The van der Waals surface area contributed by atoms with Crippen LogP contribution in [0.15, 0.2) is 34.9 Å². The van der Waals surface area contributed by atoms with Crippen molar-refractivity contribution in [3.63, 3.8) is 0 Å².